The van der Waals surface area contributed by atoms with Crippen LogP contribution >= 0.6 is 15.9 Å². The Labute approximate surface area is 120 Å². The van der Waals surface area contributed by atoms with Gasteiger partial charge in [-0.1, -0.05) is 51.8 Å². The maximum atomic E-state index is 4.43. The van der Waals surface area contributed by atoms with Crippen LogP contribution in [0.1, 0.15) is 5.56 Å². The molecule has 0 fully saturated rings. The molecule has 0 aliphatic heterocycles. The summed E-state index contributed by atoms with van der Waals surface area (Å²) in [4.78, 5) is 0. The lowest BCUT2D eigenvalue weighted by Gasteiger charge is -2.01. The zero-order chi connectivity index (χ0) is 13.2. The predicted molar refractivity (Wildman–Crippen MR) is 81.4 cm³/mol. The van der Waals surface area contributed by atoms with Gasteiger partial charge in [0.15, 0.2) is 0 Å². The molecule has 0 amide bonds. The van der Waals surface area contributed by atoms with Crippen molar-refractivity contribution in [1.29, 1.82) is 0 Å². The van der Waals surface area contributed by atoms with E-state index in [-0.39, 0.29) is 0 Å². The minimum Gasteiger partial charge on any atom is -0.240 e. The maximum absolute atomic E-state index is 4.43. The molecule has 0 atom stereocenters. The quantitative estimate of drug-likeness (QED) is 0.675. The number of benzene rings is 2. The van der Waals surface area contributed by atoms with Crippen molar-refractivity contribution in [3.05, 3.63) is 71.0 Å². The fourth-order valence-electron chi connectivity index (χ4n) is 2.06. The number of hydrogen-bond acceptors (Lipinski definition) is 1. The van der Waals surface area contributed by atoms with Gasteiger partial charge in [-0.25, -0.2) is 4.68 Å². The molecular weight excluding hydrogens is 300 g/mol. The Morgan fingerprint density at radius 2 is 1.84 bits per heavy atom. The summed E-state index contributed by atoms with van der Waals surface area (Å²) in [7, 11) is 0. The summed E-state index contributed by atoms with van der Waals surface area (Å²) in [5, 5.41) is 4.43. The second kappa shape index (κ2) is 5.02. The van der Waals surface area contributed by atoms with E-state index in [1.165, 1.54) is 11.1 Å². The molecule has 0 saturated heterocycles. The van der Waals surface area contributed by atoms with E-state index in [1.54, 1.807) is 0 Å². The minimum absolute atomic E-state index is 1.05. The van der Waals surface area contributed by atoms with Gasteiger partial charge in [-0.05, 0) is 30.7 Å². The zero-order valence-corrected chi connectivity index (χ0v) is 12.1. The van der Waals surface area contributed by atoms with E-state index in [0.29, 0.717) is 0 Å². The van der Waals surface area contributed by atoms with Crippen LogP contribution in [0.3, 0.4) is 0 Å². The summed E-state index contributed by atoms with van der Waals surface area (Å²) in [6.45, 7) is 2.10. The molecule has 0 N–H and O–H groups in total. The van der Waals surface area contributed by atoms with Gasteiger partial charge in [0.1, 0.15) is 0 Å². The van der Waals surface area contributed by atoms with E-state index in [0.717, 1.165) is 15.7 Å². The molecule has 0 radical (unpaired) electrons. The molecule has 2 nitrogen and oxygen atoms in total. The molecule has 0 unspecified atom stereocenters. The van der Waals surface area contributed by atoms with Crippen molar-refractivity contribution in [2.24, 2.45) is 0 Å². The second-order valence-electron chi connectivity index (χ2n) is 4.52. The number of rotatable bonds is 2. The fourth-order valence-corrected chi connectivity index (χ4v) is 2.44. The Hall–Kier alpha value is -1.87. The third-order valence-electron chi connectivity index (χ3n) is 3.01. The molecule has 2 aromatic carbocycles. The molecule has 0 spiro atoms. The Bertz CT molecular complexity index is 656. The van der Waals surface area contributed by atoms with E-state index in [4.69, 9.17) is 0 Å². The standard InChI is InChI=1S/C16H13BrN2/c1-12-4-2-5-13(8-12)14-10-18-19(11-14)16-7-3-6-15(17)9-16/h2-11H,1H3. The first-order valence-electron chi connectivity index (χ1n) is 6.10. The highest BCUT2D eigenvalue weighted by molar-refractivity contribution is 9.10. The van der Waals surface area contributed by atoms with Crippen molar-refractivity contribution in [2.75, 3.05) is 0 Å². The lowest BCUT2D eigenvalue weighted by Crippen LogP contribution is -1.93. The van der Waals surface area contributed by atoms with E-state index >= 15 is 0 Å². The highest BCUT2D eigenvalue weighted by atomic mass is 79.9. The van der Waals surface area contributed by atoms with Crippen LogP contribution in [0.4, 0.5) is 0 Å². The van der Waals surface area contributed by atoms with Gasteiger partial charge in [-0.2, -0.15) is 5.10 Å². The summed E-state index contributed by atoms with van der Waals surface area (Å²) in [6.07, 6.45) is 3.95. The van der Waals surface area contributed by atoms with Crippen molar-refractivity contribution >= 4 is 15.9 Å². The molecule has 94 valence electrons. The van der Waals surface area contributed by atoms with E-state index < -0.39 is 0 Å². The van der Waals surface area contributed by atoms with Gasteiger partial charge >= 0.3 is 0 Å². The Morgan fingerprint density at radius 1 is 1.00 bits per heavy atom. The SMILES string of the molecule is Cc1cccc(-c2cnn(-c3cccc(Br)c3)c2)c1. The predicted octanol–water partition coefficient (Wildman–Crippen LogP) is 4.61. The van der Waals surface area contributed by atoms with Gasteiger partial charge in [0.25, 0.3) is 0 Å². The van der Waals surface area contributed by atoms with Crippen LogP contribution in [0.5, 0.6) is 0 Å². The van der Waals surface area contributed by atoms with Gasteiger partial charge in [-0.15, -0.1) is 0 Å². The lowest BCUT2D eigenvalue weighted by atomic mass is 10.1. The van der Waals surface area contributed by atoms with Gasteiger partial charge in [0.05, 0.1) is 11.9 Å². The van der Waals surface area contributed by atoms with Crippen molar-refractivity contribution < 1.29 is 0 Å². The van der Waals surface area contributed by atoms with Gasteiger partial charge in [-0.3, -0.25) is 0 Å². The molecular formula is C16H13BrN2. The summed E-state index contributed by atoms with van der Waals surface area (Å²) in [5.74, 6) is 0. The monoisotopic (exact) mass is 312 g/mol. The van der Waals surface area contributed by atoms with Crippen LogP contribution in [0.25, 0.3) is 16.8 Å². The molecule has 3 aromatic rings. The van der Waals surface area contributed by atoms with E-state index in [2.05, 4.69) is 58.4 Å². The highest BCUT2D eigenvalue weighted by Gasteiger charge is 2.03. The first kappa shape index (κ1) is 12.2. The smallest absolute Gasteiger partial charge is 0.0657 e. The van der Waals surface area contributed by atoms with Crippen LogP contribution in [0.15, 0.2) is 65.4 Å². The van der Waals surface area contributed by atoms with Crippen molar-refractivity contribution in [2.45, 2.75) is 6.92 Å². The van der Waals surface area contributed by atoms with Crippen LogP contribution in [-0.4, -0.2) is 9.78 Å². The average molecular weight is 313 g/mol. The van der Waals surface area contributed by atoms with Gasteiger partial charge in [0, 0.05) is 16.2 Å². The maximum Gasteiger partial charge on any atom is 0.0657 e. The first-order chi connectivity index (χ1) is 9.22. The molecule has 19 heavy (non-hydrogen) atoms. The van der Waals surface area contributed by atoms with Gasteiger partial charge in [0.2, 0.25) is 0 Å². The number of halogens is 1. The normalized spacial score (nSPS) is 10.6. The van der Waals surface area contributed by atoms with E-state index in [9.17, 15) is 0 Å². The molecule has 3 rings (SSSR count). The second-order valence-corrected chi connectivity index (χ2v) is 5.44. The molecule has 1 aromatic heterocycles. The Kier molecular flexibility index (Phi) is 3.22. The van der Waals surface area contributed by atoms with Crippen LogP contribution in [0.2, 0.25) is 0 Å². The minimum atomic E-state index is 1.05. The largest absolute Gasteiger partial charge is 0.240 e. The number of aryl methyl sites for hydroxylation is 1. The number of nitrogens with zero attached hydrogens (tertiary/aromatic N) is 2. The first-order valence-corrected chi connectivity index (χ1v) is 6.89. The fraction of sp³-hybridized carbons (Fsp3) is 0.0625. The zero-order valence-electron chi connectivity index (χ0n) is 10.5. The average Bonchev–Trinajstić information content (AvgIpc) is 2.88. The summed E-state index contributed by atoms with van der Waals surface area (Å²) < 4.78 is 2.94. The van der Waals surface area contributed by atoms with Gasteiger partial charge < -0.3 is 0 Å². The van der Waals surface area contributed by atoms with Crippen LogP contribution in [-0.2, 0) is 0 Å². The Balaban J connectivity index is 2.00. The molecule has 1 heterocycles. The molecule has 0 aliphatic rings. The van der Waals surface area contributed by atoms with Crippen molar-refractivity contribution in [1.82, 2.24) is 9.78 Å². The summed E-state index contributed by atoms with van der Waals surface area (Å²) in [6, 6.07) is 16.5. The number of aromatic nitrogens is 2. The topological polar surface area (TPSA) is 17.8 Å². The lowest BCUT2D eigenvalue weighted by molar-refractivity contribution is 0.880. The highest BCUT2D eigenvalue weighted by Crippen LogP contribution is 2.22. The van der Waals surface area contributed by atoms with Crippen LogP contribution < -0.4 is 0 Å². The molecule has 0 aliphatic carbocycles. The third-order valence-corrected chi connectivity index (χ3v) is 3.50. The summed E-state index contributed by atoms with van der Waals surface area (Å²) >= 11 is 3.48. The summed E-state index contributed by atoms with van der Waals surface area (Å²) in [5.41, 5.74) is 4.63. The molecule has 0 bridgehead atoms. The van der Waals surface area contributed by atoms with Crippen molar-refractivity contribution in [3.8, 4) is 16.8 Å². The van der Waals surface area contributed by atoms with Crippen LogP contribution in [0, 0.1) is 6.92 Å². The van der Waals surface area contributed by atoms with Crippen molar-refractivity contribution in [3.63, 3.8) is 0 Å². The third kappa shape index (κ3) is 2.61. The molecule has 0 saturated carbocycles. The Morgan fingerprint density at radius 3 is 2.63 bits per heavy atom. The molecule has 3 heteroatoms. The van der Waals surface area contributed by atoms with E-state index in [1.807, 2.05) is 35.1 Å². The number of hydrogen-bond donors (Lipinski definition) is 0.